The summed E-state index contributed by atoms with van der Waals surface area (Å²) >= 11 is 5.87. The summed E-state index contributed by atoms with van der Waals surface area (Å²) in [5.41, 5.74) is 3.21. The molecule has 0 fully saturated rings. The fourth-order valence-electron chi connectivity index (χ4n) is 2.49. The Balaban J connectivity index is 1.98. The minimum Gasteiger partial charge on any atom is -0.334 e. The number of benzene rings is 2. The number of hydrogen-bond donors (Lipinski definition) is 2. The molecule has 7 nitrogen and oxygen atoms in total. The molecule has 0 aliphatic carbocycles. The number of aromatic nitrogens is 2. The third-order valence-electron chi connectivity index (χ3n) is 3.75. The molecule has 0 unspecified atom stereocenters. The molecule has 26 heavy (non-hydrogen) atoms. The summed E-state index contributed by atoms with van der Waals surface area (Å²) in [6.07, 6.45) is 1.27. The third-order valence-corrected chi connectivity index (χ3v) is 4.00. The van der Waals surface area contributed by atoms with Crippen molar-refractivity contribution in [1.82, 2.24) is 9.97 Å². The van der Waals surface area contributed by atoms with Gasteiger partial charge in [-0.25, -0.2) is 9.97 Å². The number of anilines is 4. The van der Waals surface area contributed by atoms with Crippen LogP contribution in [0.3, 0.4) is 0 Å². The van der Waals surface area contributed by atoms with Gasteiger partial charge in [-0.15, -0.1) is 0 Å². The van der Waals surface area contributed by atoms with Crippen LogP contribution < -0.4 is 10.6 Å². The van der Waals surface area contributed by atoms with Crippen molar-refractivity contribution in [3.05, 3.63) is 75.1 Å². The Morgan fingerprint density at radius 3 is 2.27 bits per heavy atom. The van der Waals surface area contributed by atoms with Crippen LogP contribution in [0.25, 0.3) is 0 Å². The maximum absolute atomic E-state index is 11.6. The Bertz CT molecular complexity index is 960. The second-order valence-corrected chi connectivity index (χ2v) is 6.19. The standard InChI is InChI=1S/C18H16ClN5O2/c1-11-3-8-15(12(2)9-11)23-18-16(24(25)26)17(20-10-21-18)22-14-6-4-13(19)5-7-14/h3-10H,1-2H3,(H2,20,21,22,23). The highest BCUT2D eigenvalue weighted by Gasteiger charge is 2.23. The zero-order chi connectivity index (χ0) is 18.7. The first kappa shape index (κ1) is 17.6. The lowest BCUT2D eigenvalue weighted by Crippen LogP contribution is -2.06. The molecule has 2 aromatic carbocycles. The molecule has 0 spiro atoms. The van der Waals surface area contributed by atoms with Gasteiger partial charge in [-0.2, -0.15) is 0 Å². The van der Waals surface area contributed by atoms with Gasteiger partial charge < -0.3 is 10.6 Å². The van der Waals surface area contributed by atoms with Crippen molar-refractivity contribution in [2.75, 3.05) is 10.6 Å². The van der Waals surface area contributed by atoms with E-state index in [1.54, 1.807) is 24.3 Å². The Morgan fingerprint density at radius 1 is 1.00 bits per heavy atom. The lowest BCUT2D eigenvalue weighted by molar-refractivity contribution is -0.383. The van der Waals surface area contributed by atoms with Crippen LogP contribution in [0.4, 0.5) is 28.7 Å². The van der Waals surface area contributed by atoms with Crippen molar-refractivity contribution in [3.8, 4) is 0 Å². The Morgan fingerprint density at radius 2 is 1.65 bits per heavy atom. The predicted molar refractivity (Wildman–Crippen MR) is 103 cm³/mol. The van der Waals surface area contributed by atoms with E-state index in [1.807, 2.05) is 32.0 Å². The van der Waals surface area contributed by atoms with Crippen LogP contribution in [0.2, 0.25) is 5.02 Å². The number of nitrogens with one attached hydrogen (secondary N) is 2. The smallest absolute Gasteiger partial charge is 0.334 e. The van der Waals surface area contributed by atoms with E-state index < -0.39 is 4.92 Å². The number of nitro groups is 1. The highest BCUT2D eigenvalue weighted by molar-refractivity contribution is 6.30. The van der Waals surface area contributed by atoms with Crippen molar-refractivity contribution < 1.29 is 4.92 Å². The summed E-state index contributed by atoms with van der Waals surface area (Å²) in [6, 6.07) is 12.6. The zero-order valence-electron chi connectivity index (χ0n) is 14.2. The Labute approximate surface area is 155 Å². The number of hydrogen-bond acceptors (Lipinski definition) is 6. The Hall–Kier alpha value is -3.19. The quantitative estimate of drug-likeness (QED) is 0.477. The molecule has 8 heteroatoms. The van der Waals surface area contributed by atoms with Gasteiger partial charge in [0.2, 0.25) is 11.6 Å². The molecule has 0 aliphatic rings. The van der Waals surface area contributed by atoms with E-state index in [0.717, 1.165) is 16.8 Å². The lowest BCUT2D eigenvalue weighted by Gasteiger charge is -2.12. The van der Waals surface area contributed by atoms with Crippen molar-refractivity contribution in [1.29, 1.82) is 0 Å². The molecule has 0 amide bonds. The van der Waals surface area contributed by atoms with Crippen LogP contribution in [0, 0.1) is 24.0 Å². The van der Waals surface area contributed by atoms with Crippen molar-refractivity contribution in [2.24, 2.45) is 0 Å². The fourth-order valence-corrected chi connectivity index (χ4v) is 2.61. The molecule has 132 valence electrons. The molecule has 2 N–H and O–H groups in total. The van der Waals surface area contributed by atoms with Gasteiger partial charge in [-0.05, 0) is 49.7 Å². The first-order chi connectivity index (χ1) is 12.4. The first-order valence-electron chi connectivity index (χ1n) is 7.80. The van der Waals surface area contributed by atoms with E-state index in [9.17, 15) is 10.1 Å². The first-order valence-corrected chi connectivity index (χ1v) is 8.18. The summed E-state index contributed by atoms with van der Waals surface area (Å²) in [5.74, 6) is 0.216. The van der Waals surface area contributed by atoms with Gasteiger partial charge in [0, 0.05) is 16.4 Å². The number of rotatable bonds is 5. The van der Waals surface area contributed by atoms with Gasteiger partial charge in [0.15, 0.2) is 0 Å². The number of aryl methyl sites for hydroxylation is 2. The van der Waals surface area contributed by atoms with Gasteiger partial charge in [-0.3, -0.25) is 10.1 Å². The average molecular weight is 370 g/mol. The molecule has 0 aliphatic heterocycles. The van der Waals surface area contributed by atoms with Gasteiger partial charge in [0.1, 0.15) is 6.33 Å². The molecule has 0 atom stereocenters. The summed E-state index contributed by atoms with van der Waals surface area (Å²) in [5, 5.41) is 18.2. The molecule has 0 radical (unpaired) electrons. The SMILES string of the molecule is Cc1ccc(Nc2ncnc(Nc3ccc(Cl)cc3)c2[N+](=O)[O-])c(C)c1. The van der Waals surface area contributed by atoms with E-state index in [2.05, 4.69) is 20.6 Å². The highest BCUT2D eigenvalue weighted by atomic mass is 35.5. The van der Waals surface area contributed by atoms with Crippen LogP contribution in [0.5, 0.6) is 0 Å². The van der Waals surface area contributed by atoms with E-state index in [0.29, 0.717) is 10.7 Å². The second-order valence-electron chi connectivity index (χ2n) is 5.75. The zero-order valence-corrected chi connectivity index (χ0v) is 14.9. The van der Waals surface area contributed by atoms with Crippen LogP contribution in [0.1, 0.15) is 11.1 Å². The van der Waals surface area contributed by atoms with Crippen LogP contribution in [0.15, 0.2) is 48.8 Å². The molecular formula is C18H16ClN5O2. The van der Waals surface area contributed by atoms with E-state index >= 15 is 0 Å². The predicted octanol–water partition coefficient (Wildman–Crippen LogP) is 5.14. The summed E-state index contributed by atoms with van der Waals surface area (Å²) < 4.78 is 0. The second kappa shape index (κ2) is 7.37. The minimum atomic E-state index is -0.510. The maximum atomic E-state index is 11.6. The van der Waals surface area contributed by atoms with Gasteiger partial charge in [-0.1, -0.05) is 29.3 Å². The topological polar surface area (TPSA) is 93.0 Å². The van der Waals surface area contributed by atoms with E-state index in [1.165, 1.54) is 6.33 Å². The molecular weight excluding hydrogens is 354 g/mol. The highest BCUT2D eigenvalue weighted by Crippen LogP contribution is 2.33. The molecule has 0 bridgehead atoms. The van der Waals surface area contributed by atoms with Gasteiger partial charge in [0.25, 0.3) is 0 Å². The van der Waals surface area contributed by atoms with Gasteiger partial charge >= 0.3 is 5.69 Å². The fraction of sp³-hybridized carbons (Fsp3) is 0.111. The van der Waals surface area contributed by atoms with Gasteiger partial charge in [0.05, 0.1) is 4.92 Å². The van der Waals surface area contributed by atoms with Crippen molar-refractivity contribution in [3.63, 3.8) is 0 Å². The van der Waals surface area contributed by atoms with Crippen LogP contribution in [-0.2, 0) is 0 Å². The molecule has 1 aromatic heterocycles. The lowest BCUT2D eigenvalue weighted by atomic mass is 10.1. The maximum Gasteiger partial charge on any atom is 0.353 e. The van der Waals surface area contributed by atoms with E-state index in [4.69, 9.17) is 11.6 Å². The average Bonchev–Trinajstić information content (AvgIpc) is 2.59. The van der Waals surface area contributed by atoms with E-state index in [-0.39, 0.29) is 17.3 Å². The Kier molecular flexibility index (Phi) is 4.99. The van der Waals surface area contributed by atoms with Crippen LogP contribution in [-0.4, -0.2) is 14.9 Å². The minimum absolute atomic E-state index is 0.0968. The number of halogens is 1. The normalized spacial score (nSPS) is 10.4. The molecule has 1 heterocycles. The molecule has 3 rings (SSSR count). The van der Waals surface area contributed by atoms with Crippen molar-refractivity contribution in [2.45, 2.75) is 13.8 Å². The summed E-state index contributed by atoms with van der Waals surface area (Å²) in [6.45, 7) is 3.91. The molecule has 0 saturated heterocycles. The molecule has 3 aromatic rings. The monoisotopic (exact) mass is 369 g/mol. The summed E-state index contributed by atoms with van der Waals surface area (Å²) in [7, 11) is 0. The summed E-state index contributed by atoms with van der Waals surface area (Å²) in [4.78, 5) is 19.2. The number of nitrogens with zero attached hydrogens (tertiary/aromatic N) is 3. The largest absolute Gasteiger partial charge is 0.353 e. The van der Waals surface area contributed by atoms with Crippen molar-refractivity contribution >= 4 is 40.3 Å². The third kappa shape index (κ3) is 3.89. The van der Waals surface area contributed by atoms with Crippen LogP contribution >= 0.6 is 11.6 Å². The molecule has 0 saturated carbocycles.